The summed E-state index contributed by atoms with van der Waals surface area (Å²) in [5.74, 6) is 2.22. The third-order valence-electron chi connectivity index (χ3n) is 9.89. The second kappa shape index (κ2) is 8.25. The van der Waals surface area contributed by atoms with Crippen molar-refractivity contribution in [2.45, 2.75) is 99.2 Å². The largest absolute Gasteiger partial charge is 0.295 e. The van der Waals surface area contributed by atoms with E-state index < -0.39 is 23.9 Å². The zero-order valence-corrected chi connectivity index (χ0v) is 20.1. The van der Waals surface area contributed by atoms with Gasteiger partial charge in [0.05, 0.1) is 1.37 Å². The molecule has 0 saturated heterocycles. The van der Waals surface area contributed by atoms with Crippen molar-refractivity contribution in [2.75, 3.05) is 0 Å². The van der Waals surface area contributed by atoms with E-state index in [1.165, 1.54) is 6.42 Å². The van der Waals surface area contributed by atoms with Gasteiger partial charge in [-0.25, -0.2) is 0 Å². The van der Waals surface area contributed by atoms with Crippen LogP contribution in [0.15, 0.2) is 23.8 Å². The minimum Gasteiger partial charge on any atom is -0.295 e. The first-order valence-electron chi connectivity index (χ1n) is 15.0. The Morgan fingerprint density at radius 2 is 1.87 bits per heavy atom. The Balaban J connectivity index is 1.65. The average molecular weight is 416 g/mol. The zero-order valence-electron chi connectivity index (χ0n) is 25.1. The summed E-state index contributed by atoms with van der Waals surface area (Å²) in [6.45, 7) is 13.6. The molecule has 0 N–H and O–H groups in total. The Kier molecular flexibility index (Phi) is 4.60. The summed E-state index contributed by atoms with van der Waals surface area (Å²) in [7, 11) is 0. The maximum absolute atomic E-state index is 12.6. The summed E-state index contributed by atoms with van der Waals surface area (Å²) in [5, 5.41) is 0. The molecule has 0 aromatic rings. The topological polar surface area (TPSA) is 17.1 Å². The second-order valence-electron chi connectivity index (χ2n) is 11.6. The third-order valence-corrected chi connectivity index (χ3v) is 9.89. The summed E-state index contributed by atoms with van der Waals surface area (Å²) in [6.07, 6.45) is 6.88. The Morgan fingerprint density at radius 1 is 1.10 bits per heavy atom. The molecule has 168 valence electrons. The zero-order chi connectivity index (χ0) is 26.1. The van der Waals surface area contributed by atoms with Crippen molar-refractivity contribution in [2.24, 2.45) is 52.3 Å². The predicted octanol–water partition coefficient (Wildman–Crippen LogP) is 8.01. The fourth-order valence-electron chi connectivity index (χ4n) is 7.98. The summed E-state index contributed by atoms with van der Waals surface area (Å²) < 4.78 is 43.2. The number of hydrogen-bond donors (Lipinski definition) is 0. The molecular weight excluding hydrogens is 364 g/mol. The van der Waals surface area contributed by atoms with Gasteiger partial charge in [-0.3, -0.25) is 4.79 Å². The van der Waals surface area contributed by atoms with E-state index in [9.17, 15) is 4.79 Å². The third kappa shape index (κ3) is 3.57. The molecule has 1 nitrogen and oxygen atoms in total. The van der Waals surface area contributed by atoms with Gasteiger partial charge in [0.15, 0.2) is 5.78 Å². The molecule has 0 unspecified atom stereocenters. The van der Waals surface area contributed by atoms with Crippen molar-refractivity contribution >= 4 is 5.78 Å². The Morgan fingerprint density at radius 3 is 2.57 bits per heavy atom. The highest BCUT2D eigenvalue weighted by molar-refractivity contribution is 5.91. The van der Waals surface area contributed by atoms with Gasteiger partial charge in [0.25, 0.3) is 0 Å². The fourth-order valence-corrected chi connectivity index (χ4v) is 7.98. The molecule has 0 aliphatic heterocycles. The molecule has 4 aliphatic rings. The molecule has 0 bridgehead atoms. The van der Waals surface area contributed by atoms with Crippen LogP contribution in [0.1, 0.15) is 106 Å². The molecule has 1 heteroatoms. The highest BCUT2D eigenvalue weighted by Crippen LogP contribution is 2.67. The van der Waals surface area contributed by atoms with Crippen LogP contribution in [0.25, 0.3) is 0 Å². The molecule has 4 rings (SSSR count). The van der Waals surface area contributed by atoms with Crippen LogP contribution in [0.3, 0.4) is 0 Å². The second-order valence-corrected chi connectivity index (χ2v) is 11.6. The maximum Gasteiger partial charge on any atom is 0.155 e. The number of ketones is 1. The highest BCUT2D eigenvalue weighted by Gasteiger charge is 2.59. The van der Waals surface area contributed by atoms with Crippen LogP contribution in [-0.2, 0) is 4.79 Å². The van der Waals surface area contributed by atoms with Crippen molar-refractivity contribution in [1.29, 1.82) is 0 Å². The number of hydrogen-bond acceptors (Lipinski definition) is 1. The van der Waals surface area contributed by atoms with E-state index in [2.05, 4.69) is 46.8 Å². The van der Waals surface area contributed by atoms with Crippen LogP contribution in [0.2, 0.25) is 0 Å². The molecular formula is C29H46O. The van der Waals surface area contributed by atoms with Gasteiger partial charge in [0.2, 0.25) is 0 Å². The first-order valence-corrected chi connectivity index (χ1v) is 12.5. The van der Waals surface area contributed by atoms with Crippen molar-refractivity contribution in [3.63, 3.8) is 0 Å². The van der Waals surface area contributed by atoms with Gasteiger partial charge in [-0.1, -0.05) is 59.3 Å². The molecule has 3 saturated carbocycles. The van der Waals surface area contributed by atoms with E-state index >= 15 is 0 Å². The molecule has 0 aromatic carbocycles. The monoisotopic (exact) mass is 415 g/mol. The number of rotatable bonds is 5. The van der Waals surface area contributed by atoms with Gasteiger partial charge in [-0.05, 0) is 110 Å². The number of allylic oxidation sites excluding steroid dienone is 3. The first kappa shape index (κ1) is 16.7. The number of carbonyl (C=O) groups excluding carboxylic acids is 1. The minimum atomic E-state index is -2.09. The van der Waals surface area contributed by atoms with Crippen LogP contribution in [0.5, 0.6) is 0 Å². The molecule has 3 fully saturated rings. The molecule has 0 spiro atoms. The van der Waals surface area contributed by atoms with Crippen LogP contribution < -0.4 is 0 Å². The Labute approximate surface area is 193 Å². The van der Waals surface area contributed by atoms with E-state index in [0.717, 1.165) is 25.7 Å². The Bertz CT molecular complexity index is 920. The quantitative estimate of drug-likeness (QED) is 0.415. The van der Waals surface area contributed by atoms with E-state index in [-0.39, 0.29) is 29.7 Å². The number of carbonyl (C=O) groups is 1. The van der Waals surface area contributed by atoms with Crippen LogP contribution >= 0.6 is 0 Å². The number of fused-ring (bicyclic) bond motifs is 5. The average Bonchev–Trinajstić information content (AvgIpc) is 3.08. The molecule has 0 aromatic heterocycles. The van der Waals surface area contributed by atoms with Gasteiger partial charge in [0, 0.05) is 11.9 Å². The SMILES string of the molecule is [2H]C1=C2C([2H])([2H])C[C@H]3[C@@H]4CC[C@H]([C@H](C)/C=C/[C@@H](CC)C(C)C)[C@@]4(C)CC[C@@H]3[C@@]2(C)CC([2H])([2H])C1=O. The van der Waals surface area contributed by atoms with Crippen LogP contribution in [0, 0.1) is 52.3 Å². The van der Waals surface area contributed by atoms with Gasteiger partial charge < -0.3 is 0 Å². The van der Waals surface area contributed by atoms with E-state index in [4.69, 9.17) is 6.85 Å². The summed E-state index contributed by atoms with van der Waals surface area (Å²) >= 11 is 0. The smallest absolute Gasteiger partial charge is 0.155 e. The molecule has 8 atom stereocenters. The first-order chi connectivity index (χ1) is 16.1. The van der Waals surface area contributed by atoms with E-state index in [1.807, 2.05) is 6.92 Å². The van der Waals surface area contributed by atoms with E-state index in [0.29, 0.717) is 41.6 Å². The van der Waals surface area contributed by atoms with E-state index in [1.54, 1.807) is 0 Å². The summed E-state index contributed by atoms with van der Waals surface area (Å²) in [6, 6.07) is -0.390. The lowest BCUT2D eigenvalue weighted by atomic mass is 9.46. The van der Waals surface area contributed by atoms with Crippen molar-refractivity contribution < 1.29 is 11.6 Å². The summed E-state index contributed by atoms with van der Waals surface area (Å²) in [4.78, 5) is 12.6. The predicted molar refractivity (Wildman–Crippen MR) is 127 cm³/mol. The molecule has 30 heavy (non-hydrogen) atoms. The molecule has 0 heterocycles. The van der Waals surface area contributed by atoms with Crippen LogP contribution in [0.4, 0.5) is 0 Å². The molecule has 4 aliphatic carbocycles. The van der Waals surface area contributed by atoms with Crippen molar-refractivity contribution in [3.8, 4) is 0 Å². The van der Waals surface area contributed by atoms with Gasteiger partial charge in [0.1, 0.15) is 0 Å². The normalized spacial score (nSPS) is 49.3. The van der Waals surface area contributed by atoms with Crippen molar-refractivity contribution in [3.05, 3.63) is 23.8 Å². The van der Waals surface area contributed by atoms with Gasteiger partial charge in [-0.15, -0.1) is 0 Å². The lowest BCUT2D eigenvalue weighted by Gasteiger charge is -2.58. The highest BCUT2D eigenvalue weighted by atomic mass is 16.1. The van der Waals surface area contributed by atoms with Crippen molar-refractivity contribution in [1.82, 2.24) is 0 Å². The Hall–Kier alpha value is -0.850. The lowest BCUT2D eigenvalue weighted by molar-refractivity contribution is -0.117. The maximum atomic E-state index is 12.6. The molecule has 0 amide bonds. The van der Waals surface area contributed by atoms with Gasteiger partial charge in [-0.2, -0.15) is 0 Å². The lowest BCUT2D eigenvalue weighted by Crippen LogP contribution is -2.50. The summed E-state index contributed by atoms with van der Waals surface area (Å²) in [5.41, 5.74) is -0.316. The van der Waals surface area contributed by atoms with Gasteiger partial charge >= 0.3 is 0 Å². The van der Waals surface area contributed by atoms with Crippen LogP contribution in [-0.4, -0.2) is 5.78 Å². The standard InChI is InChI=1S/C29H46O/c1-7-21(19(2)3)9-8-20(4)25-12-13-26-24-11-10-22-18-23(30)14-16-28(22,5)27(24)15-17-29(25,26)6/h8-9,18-21,24-27H,7,10-17H2,1-6H3/b9-8+/t20-,21-,24+,25-,26+,27+,28+,29-/m1/s1/i10D2,14D2,18D. The minimum absolute atomic E-state index is 0.0107. The fraction of sp³-hybridized carbons (Fsp3) is 0.828. The molecule has 0 radical (unpaired) electrons.